The molecule has 0 spiro atoms. The Kier molecular flexibility index (Phi) is 6.65. The van der Waals surface area contributed by atoms with Crippen molar-refractivity contribution in [3.8, 4) is 11.7 Å². The minimum Gasteiger partial charge on any atom is -0.474 e. The predicted octanol–water partition coefficient (Wildman–Crippen LogP) is 3.02. The summed E-state index contributed by atoms with van der Waals surface area (Å²) in [4.78, 5) is 23.9. The zero-order chi connectivity index (χ0) is 26.3. The first-order valence-electron chi connectivity index (χ1n) is 11.7. The van der Waals surface area contributed by atoms with Crippen molar-refractivity contribution in [2.75, 3.05) is 17.2 Å². The van der Waals surface area contributed by atoms with Crippen molar-refractivity contribution in [1.29, 1.82) is 0 Å². The van der Waals surface area contributed by atoms with E-state index in [0.717, 1.165) is 6.42 Å². The van der Waals surface area contributed by atoms with Gasteiger partial charge >= 0.3 is 0 Å². The number of nitrogens with two attached hydrogens (primary N) is 1. The highest BCUT2D eigenvalue weighted by Gasteiger charge is 2.39. The standard InChI is InChI=1S/C24H31N7O4S.H2/c1-15(2)35-20-11-12-31(28-20)19-10-9-17(22(27-19)30-14-16(3)13-24(30,4)5)23(32)29-36(33,34)21-8-6-7-18(25)26-21;/h6-12,15-16H,13-14H2,1-5H3,(H2,25,26)(H,29,32);1H/t16-;/m0./s1. The van der Waals surface area contributed by atoms with Crippen LogP contribution >= 0.6 is 0 Å². The molecule has 12 heteroatoms. The van der Waals surface area contributed by atoms with Gasteiger partial charge in [-0.05, 0) is 64.3 Å². The number of nitrogens with one attached hydrogen (secondary N) is 1. The second-order valence-corrected chi connectivity index (χ2v) is 11.5. The fourth-order valence-electron chi connectivity index (χ4n) is 4.46. The van der Waals surface area contributed by atoms with Crippen LogP contribution in [0.3, 0.4) is 0 Å². The molecule has 0 radical (unpaired) electrons. The number of hydrogen-bond donors (Lipinski definition) is 2. The molecule has 0 unspecified atom stereocenters. The number of rotatable bonds is 7. The molecule has 194 valence electrons. The van der Waals surface area contributed by atoms with Gasteiger partial charge in [0.1, 0.15) is 11.6 Å². The Morgan fingerprint density at radius 2 is 1.97 bits per heavy atom. The Hall–Kier alpha value is -3.67. The lowest BCUT2D eigenvalue weighted by Gasteiger charge is -2.34. The van der Waals surface area contributed by atoms with Crippen LogP contribution in [-0.4, -0.2) is 52.3 Å². The lowest BCUT2D eigenvalue weighted by atomic mass is 9.97. The van der Waals surface area contributed by atoms with Crippen LogP contribution in [0.4, 0.5) is 11.6 Å². The molecule has 1 aliphatic heterocycles. The number of carbonyl (C=O) groups excluding carboxylic acids is 1. The summed E-state index contributed by atoms with van der Waals surface area (Å²) in [7, 11) is -4.25. The molecule has 36 heavy (non-hydrogen) atoms. The lowest BCUT2D eigenvalue weighted by Crippen LogP contribution is -2.41. The fourth-order valence-corrected chi connectivity index (χ4v) is 5.40. The highest BCUT2D eigenvalue weighted by Crippen LogP contribution is 2.37. The molecule has 0 saturated carbocycles. The summed E-state index contributed by atoms with van der Waals surface area (Å²) in [6.07, 6.45) is 2.57. The summed E-state index contributed by atoms with van der Waals surface area (Å²) in [6.45, 7) is 10.8. The SMILES string of the molecule is CC(C)Oc1ccn(-c2ccc(C(=O)NS(=O)(=O)c3cccc(N)n3)c(N3C[C@@H](C)CC3(C)C)n2)n1.[HH]. The first kappa shape index (κ1) is 25.4. The van der Waals surface area contributed by atoms with Crippen LogP contribution in [0.25, 0.3) is 5.82 Å². The Bertz CT molecular complexity index is 1390. The molecule has 11 nitrogen and oxygen atoms in total. The van der Waals surface area contributed by atoms with Gasteiger partial charge in [0, 0.05) is 25.8 Å². The third kappa shape index (κ3) is 5.27. The highest BCUT2D eigenvalue weighted by atomic mass is 32.2. The van der Waals surface area contributed by atoms with Gasteiger partial charge < -0.3 is 15.4 Å². The van der Waals surface area contributed by atoms with Crippen molar-refractivity contribution in [2.24, 2.45) is 5.92 Å². The molecule has 3 N–H and O–H groups in total. The molecular weight excluding hydrogens is 482 g/mol. The van der Waals surface area contributed by atoms with E-state index < -0.39 is 15.9 Å². The van der Waals surface area contributed by atoms with E-state index in [1.54, 1.807) is 29.1 Å². The van der Waals surface area contributed by atoms with Crippen molar-refractivity contribution in [1.82, 2.24) is 24.5 Å². The molecule has 1 fully saturated rings. The minimum atomic E-state index is -4.25. The number of sulfonamides is 1. The number of anilines is 2. The average Bonchev–Trinajstić information content (AvgIpc) is 3.35. The summed E-state index contributed by atoms with van der Waals surface area (Å²) >= 11 is 0. The zero-order valence-electron chi connectivity index (χ0n) is 21.0. The van der Waals surface area contributed by atoms with Crippen molar-refractivity contribution >= 4 is 27.6 Å². The predicted molar refractivity (Wildman–Crippen MR) is 138 cm³/mol. The van der Waals surface area contributed by atoms with Crippen LogP contribution < -0.4 is 20.1 Å². The van der Waals surface area contributed by atoms with Crippen molar-refractivity contribution in [3.63, 3.8) is 0 Å². The second kappa shape index (κ2) is 9.41. The molecule has 0 aromatic carbocycles. The molecule has 3 aromatic rings. The topological polar surface area (TPSA) is 145 Å². The van der Waals surface area contributed by atoms with E-state index in [2.05, 4.69) is 35.6 Å². The van der Waals surface area contributed by atoms with Gasteiger partial charge in [-0.2, -0.15) is 8.42 Å². The average molecular weight is 516 g/mol. The van der Waals surface area contributed by atoms with Gasteiger partial charge in [0.05, 0.1) is 11.7 Å². The van der Waals surface area contributed by atoms with Crippen LogP contribution in [0.2, 0.25) is 0 Å². The van der Waals surface area contributed by atoms with Crippen LogP contribution in [0.5, 0.6) is 5.88 Å². The van der Waals surface area contributed by atoms with E-state index in [1.807, 2.05) is 18.7 Å². The second-order valence-electron chi connectivity index (χ2n) is 9.87. The maximum Gasteiger partial charge on any atom is 0.281 e. The number of carbonyl (C=O) groups is 1. The van der Waals surface area contributed by atoms with Crippen LogP contribution in [-0.2, 0) is 10.0 Å². The van der Waals surface area contributed by atoms with Crippen molar-refractivity contribution in [3.05, 3.63) is 48.2 Å². The van der Waals surface area contributed by atoms with E-state index in [4.69, 9.17) is 15.5 Å². The van der Waals surface area contributed by atoms with Gasteiger partial charge in [0.25, 0.3) is 15.9 Å². The van der Waals surface area contributed by atoms with E-state index >= 15 is 0 Å². The monoisotopic (exact) mass is 515 g/mol. The number of nitrogens with zero attached hydrogens (tertiary/aromatic N) is 5. The number of pyridine rings is 2. The Morgan fingerprint density at radius 1 is 1.22 bits per heavy atom. The molecule has 1 amide bonds. The van der Waals surface area contributed by atoms with Gasteiger partial charge in [-0.1, -0.05) is 13.0 Å². The number of ether oxygens (including phenoxy) is 1. The summed E-state index contributed by atoms with van der Waals surface area (Å²) in [5, 5.41) is 4.08. The normalized spacial score (nSPS) is 17.4. The van der Waals surface area contributed by atoms with E-state index in [1.165, 1.54) is 18.2 Å². The van der Waals surface area contributed by atoms with Gasteiger partial charge in [0.2, 0.25) is 5.88 Å². The molecule has 0 bridgehead atoms. The third-order valence-electron chi connectivity index (χ3n) is 5.84. The van der Waals surface area contributed by atoms with Crippen LogP contribution in [0, 0.1) is 5.92 Å². The van der Waals surface area contributed by atoms with E-state index in [0.29, 0.717) is 30.0 Å². The van der Waals surface area contributed by atoms with Gasteiger partial charge in [-0.3, -0.25) is 4.79 Å². The first-order valence-corrected chi connectivity index (χ1v) is 13.1. The minimum absolute atomic E-state index is 0. The summed E-state index contributed by atoms with van der Waals surface area (Å²) in [5.74, 6) is 0.869. The molecule has 0 aliphatic carbocycles. The quantitative estimate of drug-likeness (QED) is 0.485. The van der Waals surface area contributed by atoms with E-state index in [9.17, 15) is 13.2 Å². The number of amides is 1. The Morgan fingerprint density at radius 3 is 2.61 bits per heavy atom. The summed E-state index contributed by atoms with van der Waals surface area (Å²) in [5.41, 5.74) is 5.45. The maximum absolute atomic E-state index is 13.3. The van der Waals surface area contributed by atoms with Crippen molar-refractivity contribution < 1.29 is 19.4 Å². The highest BCUT2D eigenvalue weighted by molar-refractivity contribution is 7.90. The van der Waals surface area contributed by atoms with Crippen LogP contribution in [0.15, 0.2) is 47.6 Å². The summed E-state index contributed by atoms with van der Waals surface area (Å²) < 4.78 is 35.0. The van der Waals surface area contributed by atoms with Gasteiger partial charge in [-0.15, -0.1) is 5.10 Å². The maximum atomic E-state index is 13.3. The molecular formula is C24H33N7O4S. The number of hydrogen-bond acceptors (Lipinski definition) is 9. The van der Waals surface area contributed by atoms with E-state index in [-0.39, 0.29) is 29.5 Å². The van der Waals surface area contributed by atoms with Gasteiger partial charge in [-0.25, -0.2) is 19.4 Å². The third-order valence-corrected chi connectivity index (χ3v) is 7.07. The lowest BCUT2D eigenvalue weighted by molar-refractivity contribution is 0.0981. The first-order chi connectivity index (χ1) is 16.9. The molecule has 1 atom stereocenters. The largest absolute Gasteiger partial charge is 0.474 e. The molecule has 4 heterocycles. The number of aromatic nitrogens is 4. The Balaban J connectivity index is 0.00000380. The fraction of sp³-hybridized carbons (Fsp3) is 0.417. The molecule has 1 aliphatic rings. The number of nitrogen functional groups attached to an aromatic ring is 1. The zero-order valence-corrected chi connectivity index (χ0v) is 21.8. The van der Waals surface area contributed by atoms with Crippen LogP contribution in [0.1, 0.15) is 52.8 Å². The molecule has 4 rings (SSSR count). The smallest absolute Gasteiger partial charge is 0.281 e. The summed E-state index contributed by atoms with van der Waals surface area (Å²) in [6, 6.07) is 9.09. The van der Waals surface area contributed by atoms with Gasteiger partial charge in [0.15, 0.2) is 10.8 Å². The molecule has 1 saturated heterocycles. The molecule has 3 aromatic heterocycles. The van der Waals surface area contributed by atoms with Crippen molar-refractivity contribution in [2.45, 2.75) is 57.7 Å². The Labute approximate surface area is 212 Å².